The molecule has 2 heterocycles. The molecule has 1 aromatic heterocycles. The van der Waals surface area contributed by atoms with Crippen molar-refractivity contribution in [3.05, 3.63) is 29.0 Å². The highest BCUT2D eigenvalue weighted by Gasteiger charge is 2.17. The average Bonchev–Trinajstić information content (AvgIpc) is 2.30. The fourth-order valence-corrected chi connectivity index (χ4v) is 2.87. The zero-order valence-corrected chi connectivity index (χ0v) is 10.4. The number of carbonyl (C=O) groups is 1. The Labute approximate surface area is 104 Å². The number of pyridine rings is 1. The summed E-state index contributed by atoms with van der Waals surface area (Å²) in [5.41, 5.74) is 0.392. The van der Waals surface area contributed by atoms with Crippen LogP contribution >= 0.6 is 23.4 Å². The minimum atomic E-state index is -0.130. The Morgan fingerprint density at radius 2 is 2.50 bits per heavy atom. The summed E-state index contributed by atoms with van der Waals surface area (Å²) in [5, 5.41) is 3.52. The summed E-state index contributed by atoms with van der Waals surface area (Å²) in [6.07, 6.45) is 3.77. The van der Waals surface area contributed by atoms with Gasteiger partial charge in [0.2, 0.25) is 0 Å². The van der Waals surface area contributed by atoms with Crippen LogP contribution in [0.5, 0.6) is 0 Å². The average molecular weight is 257 g/mol. The van der Waals surface area contributed by atoms with Crippen LogP contribution in [0.2, 0.25) is 5.02 Å². The maximum Gasteiger partial charge on any atom is 0.270 e. The van der Waals surface area contributed by atoms with Crippen molar-refractivity contribution >= 4 is 29.3 Å². The number of hydrogen-bond acceptors (Lipinski definition) is 3. The summed E-state index contributed by atoms with van der Waals surface area (Å²) in [5.74, 6) is 2.06. The fraction of sp³-hybridized carbons (Fsp3) is 0.455. The van der Waals surface area contributed by atoms with Crippen molar-refractivity contribution in [3.8, 4) is 0 Å². The Morgan fingerprint density at radius 1 is 1.62 bits per heavy atom. The van der Waals surface area contributed by atoms with Crippen LogP contribution in [0.4, 0.5) is 0 Å². The number of thioether (sulfide) groups is 1. The van der Waals surface area contributed by atoms with E-state index in [1.54, 1.807) is 18.3 Å². The number of aromatic nitrogens is 1. The van der Waals surface area contributed by atoms with Crippen LogP contribution in [0.15, 0.2) is 18.3 Å². The Balaban J connectivity index is 1.97. The predicted molar refractivity (Wildman–Crippen MR) is 67.1 cm³/mol. The van der Waals surface area contributed by atoms with E-state index in [1.165, 1.54) is 12.2 Å². The van der Waals surface area contributed by atoms with E-state index >= 15 is 0 Å². The third-order valence-electron chi connectivity index (χ3n) is 2.45. The maximum absolute atomic E-state index is 11.8. The zero-order valence-electron chi connectivity index (χ0n) is 8.78. The second kappa shape index (κ2) is 5.55. The Hall–Kier alpha value is -0.740. The monoisotopic (exact) mass is 256 g/mol. The van der Waals surface area contributed by atoms with Crippen LogP contribution in [-0.2, 0) is 0 Å². The van der Waals surface area contributed by atoms with Gasteiger partial charge in [-0.3, -0.25) is 9.78 Å². The number of halogens is 1. The molecular weight excluding hydrogens is 244 g/mol. The van der Waals surface area contributed by atoms with Crippen LogP contribution in [0.3, 0.4) is 0 Å². The second-order valence-corrected chi connectivity index (χ2v) is 5.33. The number of amides is 1. The molecule has 2 rings (SSSR count). The molecule has 1 N–H and O–H groups in total. The quantitative estimate of drug-likeness (QED) is 0.883. The van der Waals surface area contributed by atoms with Crippen molar-refractivity contribution in [2.75, 3.05) is 11.5 Å². The lowest BCUT2D eigenvalue weighted by molar-refractivity contribution is 0.0933. The highest BCUT2D eigenvalue weighted by Crippen LogP contribution is 2.17. The lowest BCUT2D eigenvalue weighted by atomic mass is 10.2. The summed E-state index contributed by atoms with van der Waals surface area (Å²) < 4.78 is 0. The topological polar surface area (TPSA) is 42.0 Å². The fourth-order valence-electron chi connectivity index (χ4n) is 1.64. The van der Waals surface area contributed by atoms with Crippen molar-refractivity contribution < 1.29 is 4.79 Å². The van der Waals surface area contributed by atoms with Crippen LogP contribution in [0.1, 0.15) is 23.3 Å². The van der Waals surface area contributed by atoms with E-state index in [-0.39, 0.29) is 11.9 Å². The first-order valence-electron chi connectivity index (χ1n) is 5.26. The van der Waals surface area contributed by atoms with E-state index in [1.807, 2.05) is 11.8 Å². The zero-order chi connectivity index (χ0) is 11.4. The molecule has 86 valence electrons. The molecule has 0 spiro atoms. The predicted octanol–water partition coefficient (Wildman–Crippen LogP) is 2.36. The van der Waals surface area contributed by atoms with E-state index in [0.29, 0.717) is 10.7 Å². The molecule has 1 unspecified atom stereocenters. The molecule has 16 heavy (non-hydrogen) atoms. The van der Waals surface area contributed by atoms with Gasteiger partial charge < -0.3 is 5.32 Å². The standard InChI is InChI=1S/C11H13ClN2OS/c12-8-3-4-13-10(6-8)11(15)14-9-2-1-5-16-7-9/h3-4,6,9H,1-2,5,7H2,(H,14,15). The van der Waals surface area contributed by atoms with Crippen LogP contribution in [-0.4, -0.2) is 28.4 Å². The number of nitrogens with zero attached hydrogens (tertiary/aromatic N) is 1. The molecule has 1 atom stereocenters. The van der Waals surface area contributed by atoms with Crippen molar-refractivity contribution in [2.45, 2.75) is 18.9 Å². The van der Waals surface area contributed by atoms with Gasteiger partial charge in [0.15, 0.2) is 0 Å². The molecule has 1 aliphatic rings. The first kappa shape index (κ1) is 11.7. The first-order chi connectivity index (χ1) is 7.75. The van der Waals surface area contributed by atoms with E-state index in [2.05, 4.69) is 10.3 Å². The molecule has 1 amide bonds. The molecule has 0 saturated carbocycles. The SMILES string of the molecule is O=C(NC1CCCSC1)c1cc(Cl)ccn1. The van der Waals surface area contributed by atoms with Gasteiger partial charge in [0.05, 0.1) is 0 Å². The van der Waals surface area contributed by atoms with Gasteiger partial charge in [-0.1, -0.05) is 11.6 Å². The molecule has 0 aliphatic carbocycles. The van der Waals surface area contributed by atoms with Crippen molar-refractivity contribution in [1.82, 2.24) is 10.3 Å². The molecule has 0 radical (unpaired) electrons. The third-order valence-corrected chi connectivity index (χ3v) is 3.90. The number of rotatable bonds is 2. The summed E-state index contributed by atoms with van der Waals surface area (Å²) in [6, 6.07) is 3.52. The highest BCUT2D eigenvalue weighted by atomic mass is 35.5. The Morgan fingerprint density at radius 3 is 3.19 bits per heavy atom. The molecule has 0 bridgehead atoms. The summed E-state index contributed by atoms with van der Waals surface area (Å²) in [6.45, 7) is 0. The van der Waals surface area contributed by atoms with E-state index in [9.17, 15) is 4.79 Å². The minimum Gasteiger partial charge on any atom is -0.347 e. The van der Waals surface area contributed by atoms with E-state index < -0.39 is 0 Å². The lowest BCUT2D eigenvalue weighted by Crippen LogP contribution is -2.38. The van der Waals surface area contributed by atoms with Gasteiger partial charge in [-0.15, -0.1) is 0 Å². The lowest BCUT2D eigenvalue weighted by Gasteiger charge is -2.22. The molecule has 1 saturated heterocycles. The molecule has 1 aromatic rings. The van der Waals surface area contributed by atoms with Gasteiger partial charge in [0.25, 0.3) is 5.91 Å². The van der Waals surface area contributed by atoms with Gasteiger partial charge in [-0.25, -0.2) is 0 Å². The first-order valence-corrected chi connectivity index (χ1v) is 6.79. The van der Waals surface area contributed by atoms with Gasteiger partial charge >= 0.3 is 0 Å². The van der Waals surface area contributed by atoms with Crippen LogP contribution in [0.25, 0.3) is 0 Å². The minimum absolute atomic E-state index is 0.130. The van der Waals surface area contributed by atoms with Crippen molar-refractivity contribution in [1.29, 1.82) is 0 Å². The molecule has 0 aromatic carbocycles. The van der Waals surface area contributed by atoms with Gasteiger partial charge in [-0.05, 0) is 30.7 Å². The molecular formula is C11H13ClN2OS. The molecule has 3 nitrogen and oxygen atoms in total. The maximum atomic E-state index is 11.8. The highest BCUT2D eigenvalue weighted by molar-refractivity contribution is 7.99. The summed E-state index contributed by atoms with van der Waals surface area (Å²) in [7, 11) is 0. The second-order valence-electron chi connectivity index (χ2n) is 3.75. The summed E-state index contributed by atoms with van der Waals surface area (Å²) >= 11 is 7.69. The number of carbonyl (C=O) groups excluding carboxylic acids is 1. The molecule has 5 heteroatoms. The van der Waals surface area contributed by atoms with Crippen LogP contribution < -0.4 is 5.32 Å². The van der Waals surface area contributed by atoms with Gasteiger partial charge in [-0.2, -0.15) is 11.8 Å². The van der Waals surface area contributed by atoms with Crippen LogP contribution in [0, 0.1) is 0 Å². The molecule has 1 fully saturated rings. The van der Waals surface area contributed by atoms with Crippen molar-refractivity contribution in [2.24, 2.45) is 0 Å². The normalized spacial score (nSPS) is 20.4. The van der Waals surface area contributed by atoms with E-state index in [4.69, 9.17) is 11.6 Å². The van der Waals surface area contributed by atoms with E-state index in [0.717, 1.165) is 12.2 Å². The summed E-state index contributed by atoms with van der Waals surface area (Å²) in [4.78, 5) is 15.8. The molecule has 1 aliphatic heterocycles. The largest absolute Gasteiger partial charge is 0.347 e. The Bertz CT molecular complexity index is 380. The smallest absolute Gasteiger partial charge is 0.270 e. The number of nitrogens with one attached hydrogen (secondary N) is 1. The van der Waals surface area contributed by atoms with Gasteiger partial charge in [0.1, 0.15) is 5.69 Å². The Kier molecular flexibility index (Phi) is 4.07. The number of hydrogen-bond donors (Lipinski definition) is 1. The van der Waals surface area contributed by atoms with Gasteiger partial charge in [0, 0.05) is 23.0 Å². The van der Waals surface area contributed by atoms with Crippen molar-refractivity contribution in [3.63, 3.8) is 0 Å². The third kappa shape index (κ3) is 3.12.